The van der Waals surface area contributed by atoms with Crippen LogP contribution in [0.4, 0.5) is 0 Å². The molecule has 24 heavy (non-hydrogen) atoms. The van der Waals surface area contributed by atoms with Crippen LogP contribution in [-0.4, -0.2) is 32.1 Å². The molecule has 0 spiro atoms. The van der Waals surface area contributed by atoms with E-state index in [9.17, 15) is 0 Å². The molecule has 1 aliphatic rings. The van der Waals surface area contributed by atoms with Crippen LogP contribution in [0.3, 0.4) is 0 Å². The molecule has 1 aromatic carbocycles. The molecule has 0 radical (unpaired) electrons. The van der Waals surface area contributed by atoms with Crippen molar-refractivity contribution in [3.05, 3.63) is 53.1 Å². The van der Waals surface area contributed by atoms with Crippen molar-refractivity contribution in [2.45, 2.75) is 30.9 Å². The Morgan fingerprint density at radius 3 is 2.62 bits per heavy atom. The summed E-state index contributed by atoms with van der Waals surface area (Å²) in [5.74, 6) is 0. The summed E-state index contributed by atoms with van der Waals surface area (Å²) in [5, 5.41) is 0. The Labute approximate surface area is 169 Å². The second-order valence-corrected chi connectivity index (χ2v) is 7.84. The molecule has 0 amide bonds. The Hall–Kier alpha value is -0.0857. The van der Waals surface area contributed by atoms with Gasteiger partial charge in [0.2, 0.25) is 0 Å². The number of benzene rings is 1. The van der Waals surface area contributed by atoms with Crippen molar-refractivity contribution in [3.8, 4) is 0 Å². The maximum Gasteiger partial charge on any atom is -0.147 e. The number of hydrogen-bond acceptors (Lipinski definition) is 2. The minimum absolute atomic E-state index is 0. The van der Waals surface area contributed by atoms with Crippen LogP contribution in [-0.2, 0) is 24.1 Å². The van der Waals surface area contributed by atoms with E-state index >= 15 is 0 Å². The van der Waals surface area contributed by atoms with Crippen LogP contribution >= 0.6 is 24.8 Å². The van der Waals surface area contributed by atoms with E-state index in [4.69, 9.17) is 0 Å². The van der Waals surface area contributed by atoms with Gasteiger partial charge in [0.05, 0.1) is 0 Å². The van der Waals surface area contributed by atoms with Gasteiger partial charge in [0.25, 0.3) is 0 Å². The average Bonchev–Trinajstić information content (AvgIpc) is 2.95. The third-order valence-corrected chi connectivity index (χ3v) is 5.52. The van der Waals surface area contributed by atoms with Crippen LogP contribution in [0, 0.1) is 0 Å². The minimum Gasteiger partial charge on any atom is -0.147 e. The summed E-state index contributed by atoms with van der Waals surface area (Å²) in [6, 6.07) is 8.96. The van der Waals surface area contributed by atoms with Crippen molar-refractivity contribution in [2.75, 3.05) is 27.2 Å². The largest absolute Gasteiger partial charge is 0.147 e. The zero-order chi connectivity index (χ0) is 15.8. The standard InChI is InChI=1S/C15H18N.C4H10N.2ClH.Ti/c1-12-6-4-5-7-15(12)14-9-8-13(10-14)11-16(2)3;1-2-3-4-5;;;/h4-8,10H,1,9,11H2,2-3H3;5H,2-4H2,1H3;2*1H;/q;-1;;;+1. The van der Waals surface area contributed by atoms with E-state index in [0.717, 1.165) is 13.0 Å². The topological polar surface area (TPSA) is 15.3 Å². The summed E-state index contributed by atoms with van der Waals surface area (Å²) in [7, 11) is 4.27. The van der Waals surface area contributed by atoms with E-state index in [1.807, 2.05) is 0 Å². The Bertz CT molecular complexity index is 542. The molecule has 0 saturated heterocycles. The molecule has 0 bridgehead atoms. The first-order valence-electron chi connectivity index (χ1n) is 8.29. The van der Waals surface area contributed by atoms with Crippen LogP contribution in [0.25, 0.3) is 5.57 Å². The van der Waals surface area contributed by atoms with Gasteiger partial charge >= 0.3 is 145 Å². The normalized spacial score (nSPS) is 13.0. The number of rotatable bonds is 9. The van der Waals surface area contributed by atoms with E-state index in [2.05, 4.69) is 66.1 Å². The minimum atomic E-state index is -0.0631. The molecular formula is C19H30Cl2N2Ti. The summed E-state index contributed by atoms with van der Waals surface area (Å²) in [6.07, 6.45) is 8.44. The second kappa shape index (κ2) is 13.2. The molecule has 2 nitrogen and oxygen atoms in total. The number of hydrogen-bond donors (Lipinski definition) is 1. The van der Waals surface area contributed by atoms with Crippen LogP contribution in [0.5, 0.6) is 0 Å². The summed E-state index contributed by atoms with van der Waals surface area (Å²) in [6.45, 7) is 4.48. The molecule has 1 aliphatic carbocycles. The Morgan fingerprint density at radius 1 is 1.17 bits per heavy atom. The fraction of sp³-hybridized carbons (Fsp3) is 0.474. The second-order valence-electron chi connectivity index (χ2n) is 6.18. The third kappa shape index (κ3) is 7.86. The summed E-state index contributed by atoms with van der Waals surface area (Å²) in [4.78, 5) is 2.24. The Morgan fingerprint density at radius 2 is 1.92 bits per heavy atom. The Balaban J connectivity index is 0.00000264. The number of nitrogens with zero attached hydrogens (tertiary/aromatic N) is 1. The molecule has 2 rings (SSSR count). The molecule has 1 aromatic rings. The van der Waals surface area contributed by atoms with E-state index in [1.54, 1.807) is 0 Å². The van der Waals surface area contributed by atoms with Crippen molar-refractivity contribution in [1.82, 2.24) is 8.70 Å². The molecule has 0 aromatic heterocycles. The van der Waals surface area contributed by atoms with Crippen LogP contribution < -0.4 is 3.80 Å². The van der Waals surface area contributed by atoms with Crippen molar-refractivity contribution >= 4 is 30.4 Å². The molecule has 0 unspecified atom stereocenters. The van der Waals surface area contributed by atoms with Crippen molar-refractivity contribution in [3.63, 3.8) is 0 Å². The van der Waals surface area contributed by atoms with Crippen molar-refractivity contribution in [2.24, 2.45) is 0 Å². The van der Waals surface area contributed by atoms with Crippen molar-refractivity contribution < 1.29 is 19.4 Å². The van der Waals surface area contributed by atoms with Crippen LogP contribution in [0.15, 0.2) is 42.0 Å². The number of allylic oxidation sites excluding steroid dienone is 2. The fourth-order valence-electron chi connectivity index (χ4n) is 2.74. The SMILES string of the molecule is CCCC[NH][Ti][CH2]c1ccccc1C1=CC(CN(C)C)=CC1.Cl.Cl. The number of likely N-dealkylation sites (N-methyl/N-ethyl adjacent to an activating group) is 1. The molecule has 1 N–H and O–H groups in total. The first-order chi connectivity index (χ1) is 10.7. The van der Waals surface area contributed by atoms with Gasteiger partial charge < -0.3 is 0 Å². The Kier molecular flexibility index (Phi) is 13.1. The van der Waals surface area contributed by atoms with E-state index < -0.39 is 0 Å². The number of nitrogens with one attached hydrogen (secondary N) is 1. The van der Waals surface area contributed by atoms with Gasteiger partial charge in [-0.25, -0.2) is 0 Å². The zero-order valence-electron chi connectivity index (χ0n) is 15.0. The van der Waals surface area contributed by atoms with Gasteiger partial charge in [-0.3, -0.25) is 0 Å². The predicted molar refractivity (Wildman–Crippen MR) is 107 cm³/mol. The molecule has 5 heteroatoms. The van der Waals surface area contributed by atoms with E-state index in [0.29, 0.717) is 0 Å². The first-order valence-corrected chi connectivity index (χ1v) is 10.2. The monoisotopic (exact) mass is 404 g/mol. The van der Waals surface area contributed by atoms with Crippen LogP contribution in [0.2, 0.25) is 0 Å². The van der Waals surface area contributed by atoms with E-state index in [1.165, 1.54) is 46.4 Å². The van der Waals surface area contributed by atoms with Gasteiger partial charge in [-0.15, -0.1) is 24.8 Å². The predicted octanol–water partition coefficient (Wildman–Crippen LogP) is 4.69. The van der Waals surface area contributed by atoms with Gasteiger partial charge in [-0.1, -0.05) is 0 Å². The van der Waals surface area contributed by atoms with Gasteiger partial charge in [-0.05, 0) is 0 Å². The summed E-state index contributed by atoms with van der Waals surface area (Å²) < 4.78 is 4.91. The number of halogens is 2. The number of unbranched alkanes of at least 4 members (excludes halogenated alkanes) is 1. The van der Waals surface area contributed by atoms with Gasteiger partial charge in [-0.2, -0.15) is 0 Å². The molecule has 0 saturated carbocycles. The third-order valence-electron chi connectivity index (χ3n) is 3.87. The van der Waals surface area contributed by atoms with E-state index in [-0.39, 0.29) is 44.2 Å². The van der Waals surface area contributed by atoms with Gasteiger partial charge in [0.15, 0.2) is 0 Å². The maximum atomic E-state index is 3.67. The fourth-order valence-corrected chi connectivity index (χ4v) is 4.27. The molecule has 0 fully saturated rings. The smallest absolute Gasteiger partial charge is 0.147 e. The summed E-state index contributed by atoms with van der Waals surface area (Å²) >= 11 is -0.0631. The quantitative estimate of drug-likeness (QED) is 0.474. The molecule has 0 heterocycles. The first kappa shape index (κ1) is 23.9. The average molecular weight is 405 g/mol. The van der Waals surface area contributed by atoms with Gasteiger partial charge in [0.1, 0.15) is 0 Å². The van der Waals surface area contributed by atoms with Crippen molar-refractivity contribution in [1.29, 1.82) is 0 Å². The molecule has 0 aliphatic heterocycles. The summed E-state index contributed by atoms with van der Waals surface area (Å²) in [5.41, 5.74) is 5.94. The maximum absolute atomic E-state index is 3.67. The van der Waals surface area contributed by atoms with Crippen LogP contribution in [0.1, 0.15) is 37.3 Å². The molecule has 134 valence electrons. The zero-order valence-corrected chi connectivity index (χ0v) is 18.2. The molecule has 0 atom stereocenters. The van der Waals surface area contributed by atoms with Gasteiger partial charge in [0, 0.05) is 0 Å². The molecular weight excluding hydrogens is 375 g/mol.